The van der Waals surface area contributed by atoms with Crippen LogP contribution in [0.2, 0.25) is 0 Å². The van der Waals surface area contributed by atoms with Gasteiger partial charge in [-0.1, -0.05) is 218 Å². The van der Waals surface area contributed by atoms with E-state index in [0.717, 1.165) is 22.6 Å². The summed E-state index contributed by atoms with van der Waals surface area (Å²) >= 11 is 0. The molecule has 0 aliphatic carbocycles. The summed E-state index contributed by atoms with van der Waals surface area (Å²) in [6.07, 6.45) is 0. The fourth-order valence-corrected chi connectivity index (χ4v) is 9.95. The average Bonchev–Trinajstić information content (AvgIpc) is 3.39. The predicted octanol–water partition coefficient (Wildman–Crippen LogP) is 18.1. The van der Waals surface area contributed by atoms with Crippen molar-refractivity contribution in [1.29, 1.82) is 0 Å². The Labute approximate surface area is 379 Å². The van der Waals surface area contributed by atoms with Gasteiger partial charge in [-0.05, 0) is 136 Å². The Balaban J connectivity index is 1.05. The molecule has 0 saturated heterocycles. The van der Waals surface area contributed by atoms with Crippen LogP contribution >= 0.6 is 0 Å². The van der Waals surface area contributed by atoms with Crippen molar-refractivity contribution in [2.24, 2.45) is 0 Å². The van der Waals surface area contributed by atoms with Crippen LogP contribution in [0.3, 0.4) is 0 Å². The monoisotopic (exact) mass is 825 g/mol. The summed E-state index contributed by atoms with van der Waals surface area (Å²) in [7, 11) is 0. The Kier molecular flexibility index (Phi) is 9.58. The first-order chi connectivity index (χ1) is 32.2. The molecule has 0 bridgehead atoms. The molecule has 0 aromatic heterocycles. The van der Waals surface area contributed by atoms with Gasteiger partial charge in [0.2, 0.25) is 0 Å². The van der Waals surface area contributed by atoms with Crippen molar-refractivity contribution in [3.05, 3.63) is 261 Å². The first kappa shape index (κ1) is 38.2. The van der Waals surface area contributed by atoms with E-state index in [1.807, 2.05) is 0 Å². The van der Waals surface area contributed by atoms with Crippen LogP contribution in [0.25, 0.3) is 98.7 Å². The molecule has 12 aromatic rings. The SMILES string of the molecule is c1ccc(-c2ccc(N(c3ccc(-c4ccc5ccccc5c4)cc3)c3cccc(-c4ccc5c(c4)c(-c4ccccc4)c(-c4ccccc4)c4ccccc45)c3)c3ccccc23)cc1. The van der Waals surface area contributed by atoms with E-state index in [2.05, 4.69) is 266 Å². The third-order valence-electron chi connectivity index (χ3n) is 13.0. The molecule has 0 heterocycles. The summed E-state index contributed by atoms with van der Waals surface area (Å²) in [4.78, 5) is 2.43. The lowest BCUT2D eigenvalue weighted by atomic mass is 9.84. The zero-order chi connectivity index (χ0) is 43.1. The highest BCUT2D eigenvalue weighted by Crippen LogP contribution is 2.47. The molecule has 0 atom stereocenters. The van der Waals surface area contributed by atoms with Gasteiger partial charge in [0.25, 0.3) is 0 Å². The molecule has 0 aliphatic rings. The van der Waals surface area contributed by atoms with E-state index >= 15 is 0 Å². The lowest BCUT2D eigenvalue weighted by Gasteiger charge is -2.28. The van der Waals surface area contributed by atoms with Crippen LogP contribution in [0, 0.1) is 0 Å². The number of rotatable bonds is 8. The van der Waals surface area contributed by atoms with Crippen molar-refractivity contribution in [2.75, 3.05) is 4.90 Å². The number of fused-ring (bicyclic) bond motifs is 5. The first-order valence-corrected chi connectivity index (χ1v) is 22.4. The normalized spacial score (nSPS) is 11.4. The van der Waals surface area contributed by atoms with Gasteiger partial charge in [0.1, 0.15) is 0 Å². The average molecular weight is 826 g/mol. The van der Waals surface area contributed by atoms with Gasteiger partial charge in [0, 0.05) is 16.8 Å². The molecule has 12 rings (SSSR count). The standard InChI is InChI=1S/C64H43N/c1-4-18-46(19-5-1)55-39-40-62(59-29-14-12-27-56(55)59)65(53-36-33-45(34-37-53)51-32-31-44-17-10-11-24-49(44)41-51)54-26-16-25-50(42-54)52-35-38-58-57-28-13-15-30-60(57)63(47-20-6-2-7-21-47)64(61(58)43-52)48-22-8-3-9-23-48/h1-43H. The highest BCUT2D eigenvalue weighted by molar-refractivity contribution is 6.22. The van der Waals surface area contributed by atoms with Gasteiger partial charge in [0.15, 0.2) is 0 Å². The summed E-state index contributed by atoms with van der Waals surface area (Å²) in [5, 5.41) is 9.89. The van der Waals surface area contributed by atoms with Crippen LogP contribution in [-0.4, -0.2) is 0 Å². The van der Waals surface area contributed by atoms with E-state index in [1.165, 1.54) is 93.2 Å². The molecule has 0 fully saturated rings. The minimum Gasteiger partial charge on any atom is -0.310 e. The lowest BCUT2D eigenvalue weighted by Crippen LogP contribution is -2.10. The second kappa shape index (κ2) is 16.3. The summed E-state index contributed by atoms with van der Waals surface area (Å²) < 4.78 is 0. The number of hydrogen-bond acceptors (Lipinski definition) is 1. The molecule has 1 heteroatoms. The molecule has 0 saturated carbocycles. The predicted molar refractivity (Wildman–Crippen MR) is 278 cm³/mol. The second-order valence-corrected chi connectivity index (χ2v) is 16.8. The maximum Gasteiger partial charge on any atom is 0.0540 e. The van der Waals surface area contributed by atoms with E-state index in [9.17, 15) is 0 Å². The molecular weight excluding hydrogens is 783 g/mol. The minimum atomic E-state index is 1.09. The second-order valence-electron chi connectivity index (χ2n) is 16.8. The fourth-order valence-electron chi connectivity index (χ4n) is 9.95. The smallest absolute Gasteiger partial charge is 0.0540 e. The maximum absolute atomic E-state index is 2.43. The zero-order valence-corrected chi connectivity index (χ0v) is 35.8. The van der Waals surface area contributed by atoms with Crippen molar-refractivity contribution < 1.29 is 0 Å². The zero-order valence-electron chi connectivity index (χ0n) is 35.8. The van der Waals surface area contributed by atoms with E-state index in [-0.39, 0.29) is 0 Å². The van der Waals surface area contributed by atoms with Gasteiger partial charge in [-0.25, -0.2) is 0 Å². The number of nitrogens with zero attached hydrogens (tertiary/aromatic N) is 1. The molecule has 0 aliphatic heterocycles. The summed E-state index contributed by atoms with van der Waals surface area (Å²) in [5.74, 6) is 0. The molecule has 0 unspecified atom stereocenters. The van der Waals surface area contributed by atoms with Crippen molar-refractivity contribution in [3.63, 3.8) is 0 Å². The van der Waals surface area contributed by atoms with Gasteiger partial charge in [-0.2, -0.15) is 0 Å². The molecule has 0 amide bonds. The number of benzene rings is 12. The molecular formula is C64H43N. The van der Waals surface area contributed by atoms with Gasteiger partial charge < -0.3 is 4.90 Å². The first-order valence-electron chi connectivity index (χ1n) is 22.4. The summed E-state index contributed by atoms with van der Waals surface area (Å²) in [6, 6.07) is 95.3. The van der Waals surface area contributed by atoms with Crippen LogP contribution in [-0.2, 0) is 0 Å². The largest absolute Gasteiger partial charge is 0.310 e. The Morgan fingerprint density at radius 1 is 0.215 bits per heavy atom. The van der Waals surface area contributed by atoms with Gasteiger partial charge in [-0.15, -0.1) is 0 Å². The maximum atomic E-state index is 2.43. The van der Waals surface area contributed by atoms with Crippen molar-refractivity contribution in [3.8, 4) is 55.6 Å². The minimum absolute atomic E-state index is 1.09. The van der Waals surface area contributed by atoms with E-state index < -0.39 is 0 Å². The molecule has 304 valence electrons. The third kappa shape index (κ3) is 6.92. The Morgan fingerprint density at radius 3 is 1.45 bits per heavy atom. The molecule has 65 heavy (non-hydrogen) atoms. The van der Waals surface area contributed by atoms with E-state index in [0.29, 0.717) is 0 Å². The summed E-state index contributed by atoms with van der Waals surface area (Å²) in [5.41, 5.74) is 15.4. The molecule has 1 nitrogen and oxygen atoms in total. The van der Waals surface area contributed by atoms with Crippen LogP contribution < -0.4 is 4.90 Å². The fraction of sp³-hybridized carbons (Fsp3) is 0. The van der Waals surface area contributed by atoms with Gasteiger partial charge in [0.05, 0.1) is 5.69 Å². The molecule has 12 aromatic carbocycles. The Hall–Kier alpha value is -8.52. The van der Waals surface area contributed by atoms with Crippen LogP contribution in [0.5, 0.6) is 0 Å². The van der Waals surface area contributed by atoms with Crippen molar-refractivity contribution in [1.82, 2.24) is 0 Å². The van der Waals surface area contributed by atoms with Gasteiger partial charge in [-0.3, -0.25) is 0 Å². The van der Waals surface area contributed by atoms with Gasteiger partial charge >= 0.3 is 0 Å². The lowest BCUT2D eigenvalue weighted by molar-refractivity contribution is 1.30. The highest BCUT2D eigenvalue weighted by atomic mass is 15.1. The van der Waals surface area contributed by atoms with Crippen LogP contribution in [0.15, 0.2) is 261 Å². The molecule has 0 N–H and O–H groups in total. The van der Waals surface area contributed by atoms with Crippen LogP contribution in [0.4, 0.5) is 17.1 Å². The van der Waals surface area contributed by atoms with Crippen molar-refractivity contribution in [2.45, 2.75) is 0 Å². The molecule has 0 radical (unpaired) electrons. The molecule has 0 spiro atoms. The van der Waals surface area contributed by atoms with E-state index in [4.69, 9.17) is 0 Å². The highest BCUT2D eigenvalue weighted by Gasteiger charge is 2.21. The Bertz CT molecular complexity index is 3690. The Morgan fingerprint density at radius 2 is 0.723 bits per heavy atom. The van der Waals surface area contributed by atoms with Crippen LogP contribution in [0.1, 0.15) is 0 Å². The number of hydrogen-bond donors (Lipinski definition) is 0. The van der Waals surface area contributed by atoms with E-state index in [1.54, 1.807) is 0 Å². The topological polar surface area (TPSA) is 3.24 Å². The number of anilines is 3. The summed E-state index contributed by atoms with van der Waals surface area (Å²) in [6.45, 7) is 0. The third-order valence-corrected chi connectivity index (χ3v) is 13.0. The van der Waals surface area contributed by atoms with Crippen molar-refractivity contribution >= 4 is 60.2 Å². The quantitative estimate of drug-likeness (QED) is 0.138.